The summed E-state index contributed by atoms with van der Waals surface area (Å²) in [7, 11) is 0. The van der Waals surface area contributed by atoms with E-state index in [1.54, 1.807) is 11.3 Å². The monoisotopic (exact) mass is 251 g/mol. The molecule has 0 fully saturated rings. The molecule has 2 aromatic rings. The average Bonchev–Trinajstić information content (AvgIpc) is 2.71. The molecule has 3 rings (SSSR count). The van der Waals surface area contributed by atoms with E-state index in [4.69, 9.17) is 0 Å². The summed E-state index contributed by atoms with van der Waals surface area (Å²) in [6.45, 7) is 1.83. The SMILES string of the molecule is Fc1cc(F)cc(-c2cc3c(s2)CNCC3)c1. The molecule has 4 heteroatoms. The van der Waals surface area contributed by atoms with Crippen LogP contribution >= 0.6 is 11.3 Å². The van der Waals surface area contributed by atoms with E-state index in [0.717, 1.165) is 30.5 Å². The predicted molar refractivity (Wildman–Crippen MR) is 65.1 cm³/mol. The Kier molecular flexibility index (Phi) is 2.68. The third-order valence-corrected chi connectivity index (χ3v) is 4.13. The molecule has 0 unspecified atom stereocenters. The second kappa shape index (κ2) is 4.20. The maximum absolute atomic E-state index is 13.1. The van der Waals surface area contributed by atoms with Gasteiger partial charge in [-0.15, -0.1) is 11.3 Å². The van der Waals surface area contributed by atoms with E-state index in [-0.39, 0.29) is 0 Å². The number of thiophene rings is 1. The molecular weight excluding hydrogens is 240 g/mol. The van der Waals surface area contributed by atoms with Gasteiger partial charge in [-0.2, -0.15) is 0 Å². The molecule has 1 aliphatic heterocycles. The van der Waals surface area contributed by atoms with Gasteiger partial charge in [0.15, 0.2) is 0 Å². The summed E-state index contributed by atoms with van der Waals surface area (Å²) in [4.78, 5) is 2.22. The Bertz CT molecular complexity index is 519. The first-order chi connectivity index (χ1) is 8.22. The molecule has 1 aromatic heterocycles. The van der Waals surface area contributed by atoms with Gasteiger partial charge < -0.3 is 5.32 Å². The highest BCUT2D eigenvalue weighted by Crippen LogP contribution is 2.33. The van der Waals surface area contributed by atoms with E-state index in [1.165, 1.54) is 22.6 Å². The molecule has 88 valence electrons. The Hall–Kier alpha value is -1.26. The molecule has 1 aromatic carbocycles. The number of nitrogens with one attached hydrogen (secondary N) is 1. The minimum absolute atomic E-state index is 0.524. The standard InChI is InChI=1S/C13H11F2NS/c14-10-3-9(4-11(15)6-10)12-5-8-1-2-16-7-13(8)17-12/h3-6,16H,1-2,7H2. The minimum Gasteiger partial charge on any atom is -0.312 e. The van der Waals surface area contributed by atoms with Crippen molar-refractivity contribution in [1.82, 2.24) is 5.32 Å². The van der Waals surface area contributed by atoms with Gasteiger partial charge in [0.2, 0.25) is 0 Å². The number of benzene rings is 1. The van der Waals surface area contributed by atoms with Crippen molar-refractivity contribution >= 4 is 11.3 Å². The molecule has 0 saturated carbocycles. The minimum atomic E-state index is -0.524. The van der Waals surface area contributed by atoms with Crippen LogP contribution in [0.5, 0.6) is 0 Å². The predicted octanol–water partition coefficient (Wildman–Crippen LogP) is 3.34. The van der Waals surface area contributed by atoms with Crippen LogP contribution in [0.1, 0.15) is 10.4 Å². The van der Waals surface area contributed by atoms with Crippen molar-refractivity contribution in [3.05, 3.63) is 46.3 Å². The Labute approximate surface area is 102 Å². The van der Waals surface area contributed by atoms with Crippen LogP contribution in [0.25, 0.3) is 10.4 Å². The zero-order valence-corrected chi connectivity index (χ0v) is 9.91. The summed E-state index contributed by atoms with van der Waals surface area (Å²) < 4.78 is 26.3. The van der Waals surface area contributed by atoms with Gasteiger partial charge in [-0.05, 0) is 42.3 Å². The second-order valence-corrected chi connectivity index (χ2v) is 5.28. The quantitative estimate of drug-likeness (QED) is 0.819. The lowest BCUT2D eigenvalue weighted by Gasteiger charge is -2.10. The zero-order chi connectivity index (χ0) is 11.8. The zero-order valence-electron chi connectivity index (χ0n) is 9.09. The van der Waals surface area contributed by atoms with Gasteiger partial charge in [-0.25, -0.2) is 8.78 Å². The number of rotatable bonds is 1. The van der Waals surface area contributed by atoms with Gasteiger partial charge >= 0.3 is 0 Å². The summed E-state index contributed by atoms with van der Waals surface area (Å²) in [5, 5.41) is 3.29. The molecule has 2 heterocycles. The smallest absolute Gasteiger partial charge is 0.126 e. The molecule has 0 amide bonds. The number of hydrogen-bond donors (Lipinski definition) is 1. The molecule has 1 nitrogen and oxygen atoms in total. The van der Waals surface area contributed by atoms with E-state index < -0.39 is 11.6 Å². The highest BCUT2D eigenvalue weighted by Gasteiger charge is 2.14. The first kappa shape index (κ1) is 10.9. The van der Waals surface area contributed by atoms with Crippen molar-refractivity contribution in [2.45, 2.75) is 13.0 Å². The van der Waals surface area contributed by atoms with E-state index in [9.17, 15) is 8.78 Å². The lowest BCUT2D eigenvalue weighted by Crippen LogP contribution is -2.21. The van der Waals surface area contributed by atoms with E-state index in [2.05, 4.69) is 11.4 Å². The average molecular weight is 251 g/mol. The Morgan fingerprint density at radius 2 is 1.82 bits per heavy atom. The van der Waals surface area contributed by atoms with Crippen LogP contribution in [0.4, 0.5) is 8.78 Å². The van der Waals surface area contributed by atoms with Crippen LogP contribution in [0.2, 0.25) is 0 Å². The Morgan fingerprint density at radius 3 is 2.53 bits per heavy atom. The van der Waals surface area contributed by atoms with Crippen molar-refractivity contribution in [3.63, 3.8) is 0 Å². The van der Waals surface area contributed by atoms with Gasteiger partial charge in [0.25, 0.3) is 0 Å². The highest BCUT2D eigenvalue weighted by atomic mass is 32.1. The third-order valence-electron chi connectivity index (χ3n) is 2.90. The topological polar surface area (TPSA) is 12.0 Å². The fourth-order valence-corrected chi connectivity index (χ4v) is 3.26. The van der Waals surface area contributed by atoms with Crippen LogP contribution < -0.4 is 5.32 Å². The second-order valence-electron chi connectivity index (χ2n) is 4.14. The molecule has 0 spiro atoms. The van der Waals surface area contributed by atoms with Crippen LogP contribution in [-0.2, 0) is 13.0 Å². The summed E-state index contributed by atoms with van der Waals surface area (Å²) in [6, 6.07) is 5.72. The molecule has 0 radical (unpaired) electrons. The molecular formula is C13H11F2NS. The summed E-state index contributed by atoms with van der Waals surface area (Å²) in [5.41, 5.74) is 1.93. The Morgan fingerprint density at radius 1 is 1.06 bits per heavy atom. The van der Waals surface area contributed by atoms with Gasteiger partial charge in [0, 0.05) is 22.4 Å². The number of fused-ring (bicyclic) bond motifs is 1. The first-order valence-electron chi connectivity index (χ1n) is 5.51. The molecule has 0 atom stereocenters. The molecule has 17 heavy (non-hydrogen) atoms. The molecule has 1 aliphatic rings. The fraction of sp³-hybridized carbons (Fsp3) is 0.231. The van der Waals surface area contributed by atoms with Crippen molar-refractivity contribution in [3.8, 4) is 10.4 Å². The van der Waals surface area contributed by atoms with Crippen LogP contribution in [-0.4, -0.2) is 6.54 Å². The van der Waals surface area contributed by atoms with Crippen LogP contribution in [0, 0.1) is 11.6 Å². The van der Waals surface area contributed by atoms with Gasteiger partial charge in [0.1, 0.15) is 11.6 Å². The maximum atomic E-state index is 13.1. The maximum Gasteiger partial charge on any atom is 0.126 e. The fourth-order valence-electron chi connectivity index (χ4n) is 2.09. The lowest BCUT2D eigenvalue weighted by atomic mass is 10.1. The Balaban J connectivity index is 2.05. The van der Waals surface area contributed by atoms with Crippen molar-refractivity contribution in [2.24, 2.45) is 0 Å². The molecule has 0 bridgehead atoms. The van der Waals surface area contributed by atoms with Crippen molar-refractivity contribution in [1.29, 1.82) is 0 Å². The number of halogens is 2. The summed E-state index contributed by atoms with van der Waals surface area (Å²) in [6.07, 6.45) is 0.990. The molecule has 0 aliphatic carbocycles. The summed E-state index contributed by atoms with van der Waals surface area (Å²) in [5.74, 6) is -1.05. The van der Waals surface area contributed by atoms with Crippen LogP contribution in [0.3, 0.4) is 0 Å². The highest BCUT2D eigenvalue weighted by molar-refractivity contribution is 7.15. The van der Waals surface area contributed by atoms with E-state index >= 15 is 0 Å². The molecule has 1 N–H and O–H groups in total. The third kappa shape index (κ3) is 2.10. The normalized spacial score (nSPS) is 14.7. The van der Waals surface area contributed by atoms with Crippen molar-refractivity contribution < 1.29 is 8.78 Å². The summed E-state index contributed by atoms with van der Waals surface area (Å²) >= 11 is 1.61. The van der Waals surface area contributed by atoms with E-state index in [1.807, 2.05) is 0 Å². The van der Waals surface area contributed by atoms with Gasteiger partial charge in [0.05, 0.1) is 0 Å². The molecule has 0 saturated heterocycles. The van der Waals surface area contributed by atoms with Gasteiger partial charge in [-0.1, -0.05) is 0 Å². The van der Waals surface area contributed by atoms with E-state index in [0.29, 0.717) is 5.56 Å². The largest absolute Gasteiger partial charge is 0.312 e. The van der Waals surface area contributed by atoms with Crippen molar-refractivity contribution in [2.75, 3.05) is 6.54 Å². The van der Waals surface area contributed by atoms with Crippen LogP contribution in [0.15, 0.2) is 24.3 Å². The number of hydrogen-bond acceptors (Lipinski definition) is 2. The van der Waals surface area contributed by atoms with Gasteiger partial charge in [-0.3, -0.25) is 0 Å². The lowest BCUT2D eigenvalue weighted by molar-refractivity contribution is 0.584. The first-order valence-corrected chi connectivity index (χ1v) is 6.33.